The fourth-order valence-electron chi connectivity index (χ4n) is 3.91. The van der Waals surface area contributed by atoms with Crippen molar-refractivity contribution in [3.05, 3.63) is 65.1 Å². The van der Waals surface area contributed by atoms with Gasteiger partial charge in [0.15, 0.2) is 0 Å². The molecule has 0 fully saturated rings. The first-order valence-electron chi connectivity index (χ1n) is 9.96. The van der Waals surface area contributed by atoms with Crippen LogP contribution in [0.25, 0.3) is 21.9 Å². The number of amides is 1. The maximum Gasteiger partial charge on any atom is 0.268 e. The average molecular weight is 374 g/mol. The molecule has 4 rings (SSSR count). The van der Waals surface area contributed by atoms with Crippen molar-refractivity contribution < 1.29 is 4.79 Å². The highest BCUT2D eigenvalue weighted by molar-refractivity contribution is 6.01. The third kappa shape index (κ3) is 3.17. The Hall–Kier alpha value is -3.08. The summed E-state index contributed by atoms with van der Waals surface area (Å²) in [4.78, 5) is 20.9. The van der Waals surface area contributed by atoms with E-state index in [0.29, 0.717) is 13.0 Å². The number of nitrogens with zero attached hydrogens (tertiary/aromatic N) is 2. The lowest BCUT2D eigenvalue weighted by atomic mass is 10.1. The van der Waals surface area contributed by atoms with Gasteiger partial charge < -0.3 is 14.9 Å². The van der Waals surface area contributed by atoms with Gasteiger partial charge in [-0.05, 0) is 55.7 Å². The summed E-state index contributed by atoms with van der Waals surface area (Å²) >= 11 is 0. The third-order valence-corrected chi connectivity index (χ3v) is 5.41. The van der Waals surface area contributed by atoms with Crippen LogP contribution in [-0.4, -0.2) is 27.0 Å². The number of imidazole rings is 1. The number of hydrogen-bond donors (Lipinski definition) is 2. The summed E-state index contributed by atoms with van der Waals surface area (Å²) < 4.78 is 2.11. The van der Waals surface area contributed by atoms with Gasteiger partial charge in [-0.1, -0.05) is 25.1 Å². The Morgan fingerprint density at radius 1 is 1.18 bits per heavy atom. The molecule has 0 aliphatic heterocycles. The standard InChI is InChI=1S/C23H26N4O/c1-4-16-10-11-20-17(14-16)15(3)22(27(20)5-2)23(28)24-13-12-21-25-18-8-6-7-9-19(18)26-21/h6-11,14H,4-5,12-13H2,1-3H3,(H,24,28)(H,25,26). The number of aromatic nitrogens is 3. The van der Waals surface area contributed by atoms with Crippen LogP contribution in [0.2, 0.25) is 0 Å². The second-order valence-electron chi connectivity index (χ2n) is 7.13. The smallest absolute Gasteiger partial charge is 0.268 e. The fraction of sp³-hybridized carbons (Fsp3) is 0.304. The average Bonchev–Trinajstić information content (AvgIpc) is 3.25. The predicted octanol–water partition coefficient (Wildman–Crippen LogP) is 4.38. The fourth-order valence-corrected chi connectivity index (χ4v) is 3.91. The van der Waals surface area contributed by atoms with Gasteiger partial charge in [-0.3, -0.25) is 4.79 Å². The number of para-hydroxylation sites is 2. The van der Waals surface area contributed by atoms with Crippen molar-refractivity contribution in [2.24, 2.45) is 0 Å². The highest BCUT2D eigenvalue weighted by Crippen LogP contribution is 2.27. The van der Waals surface area contributed by atoms with Gasteiger partial charge in [0, 0.05) is 30.4 Å². The zero-order valence-electron chi connectivity index (χ0n) is 16.7. The summed E-state index contributed by atoms with van der Waals surface area (Å²) in [6, 6.07) is 14.5. The van der Waals surface area contributed by atoms with Crippen molar-refractivity contribution in [1.82, 2.24) is 19.9 Å². The Morgan fingerprint density at radius 2 is 2.00 bits per heavy atom. The number of aryl methyl sites for hydroxylation is 3. The first kappa shape index (κ1) is 18.3. The van der Waals surface area contributed by atoms with E-state index in [1.54, 1.807) is 0 Å². The molecule has 5 nitrogen and oxygen atoms in total. The van der Waals surface area contributed by atoms with Crippen molar-refractivity contribution in [2.75, 3.05) is 6.54 Å². The summed E-state index contributed by atoms with van der Waals surface area (Å²) in [5.41, 5.74) is 6.21. The van der Waals surface area contributed by atoms with Gasteiger partial charge >= 0.3 is 0 Å². The van der Waals surface area contributed by atoms with E-state index in [1.165, 1.54) is 10.9 Å². The minimum atomic E-state index is -0.0234. The Morgan fingerprint density at radius 3 is 2.75 bits per heavy atom. The summed E-state index contributed by atoms with van der Waals surface area (Å²) in [5.74, 6) is 0.867. The molecule has 2 heterocycles. The first-order chi connectivity index (χ1) is 13.6. The van der Waals surface area contributed by atoms with Gasteiger partial charge in [0.1, 0.15) is 11.5 Å². The van der Waals surface area contributed by atoms with Crippen LogP contribution in [0.5, 0.6) is 0 Å². The molecule has 0 spiro atoms. The van der Waals surface area contributed by atoms with Crippen molar-refractivity contribution in [3.8, 4) is 0 Å². The minimum absolute atomic E-state index is 0.0234. The molecule has 0 atom stereocenters. The number of fused-ring (bicyclic) bond motifs is 2. The maximum atomic E-state index is 13.0. The molecular formula is C23H26N4O. The van der Waals surface area contributed by atoms with Gasteiger partial charge in [-0.2, -0.15) is 0 Å². The molecule has 2 aromatic carbocycles. The Kier molecular flexibility index (Phi) is 4.90. The normalized spacial score (nSPS) is 11.4. The van der Waals surface area contributed by atoms with Gasteiger partial charge in [0.05, 0.1) is 11.0 Å². The zero-order chi connectivity index (χ0) is 19.7. The Bertz CT molecular complexity index is 1120. The van der Waals surface area contributed by atoms with Crippen LogP contribution in [0.3, 0.4) is 0 Å². The van der Waals surface area contributed by atoms with E-state index >= 15 is 0 Å². The van der Waals surface area contributed by atoms with Crippen molar-refractivity contribution in [2.45, 2.75) is 40.2 Å². The number of rotatable bonds is 6. The largest absolute Gasteiger partial charge is 0.350 e. The summed E-state index contributed by atoms with van der Waals surface area (Å²) in [5, 5.41) is 4.25. The third-order valence-electron chi connectivity index (χ3n) is 5.41. The number of hydrogen-bond acceptors (Lipinski definition) is 2. The van der Waals surface area contributed by atoms with Crippen molar-refractivity contribution in [1.29, 1.82) is 0 Å². The van der Waals surface area contributed by atoms with E-state index in [4.69, 9.17) is 0 Å². The summed E-state index contributed by atoms with van der Waals surface area (Å²) in [6.07, 6.45) is 1.66. The molecular weight excluding hydrogens is 348 g/mol. The lowest BCUT2D eigenvalue weighted by molar-refractivity contribution is 0.0944. The number of carbonyl (C=O) groups is 1. The summed E-state index contributed by atoms with van der Waals surface area (Å²) in [7, 11) is 0. The number of carbonyl (C=O) groups excluding carboxylic acids is 1. The molecule has 0 unspecified atom stereocenters. The molecule has 0 aliphatic carbocycles. The van der Waals surface area contributed by atoms with Crippen LogP contribution >= 0.6 is 0 Å². The molecule has 0 saturated heterocycles. The van der Waals surface area contributed by atoms with Crippen LogP contribution in [0, 0.1) is 6.92 Å². The first-order valence-corrected chi connectivity index (χ1v) is 9.96. The zero-order valence-corrected chi connectivity index (χ0v) is 16.7. The molecule has 28 heavy (non-hydrogen) atoms. The monoisotopic (exact) mass is 374 g/mol. The van der Waals surface area contributed by atoms with Crippen molar-refractivity contribution in [3.63, 3.8) is 0 Å². The SMILES string of the molecule is CCc1ccc2c(c1)c(C)c(C(=O)NCCc1nc3ccccc3[nH]1)n2CC. The topological polar surface area (TPSA) is 62.7 Å². The van der Waals surface area contributed by atoms with E-state index in [2.05, 4.69) is 51.9 Å². The summed E-state index contributed by atoms with van der Waals surface area (Å²) in [6.45, 7) is 7.59. The van der Waals surface area contributed by atoms with E-state index in [1.807, 2.05) is 31.2 Å². The van der Waals surface area contributed by atoms with E-state index < -0.39 is 0 Å². The molecule has 4 aromatic rings. The van der Waals surface area contributed by atoms with Crippen LogP contribution in [0.1, 0.15) is 41.3 Å². The number of aromatic amines is 1. The number of nitrogens with one attached hydrogen (secondary N) is 2. The molecule has 5 heteroatoms. The van der Waals surface area contributed by atoms with E-state index in [0.717, 1.165) is 46.6 Å². The quantitative estimate of drug-likeness (QED) is 0.526. The van der Waals surface area contributed by atoms with E-state index in [9.17, 15) is 4.79 Å². The molecule has 144 valence electrons. The molecule has 2 aromatic heterocycles. The van der Waals surface area contributed by atoms with Crippen LogP contribution < -0.4 is 5.32 Å². The van der Waals surface area contributed by atoms with Gasteiger partial charge in [0.25, 0.3) is 5.91 Å². The maximum absolute atomic E-state index is 13.0. The highest BCUT2D eigenvalue weighted by Gasteiger charge is 2.19. The lowest BCUT2D eigenvalue weighted by Gasteiger charge is -2.09. The highest BCUT2D eigenvalue weighted by atomic mass is 16.1. The Labute approximate surface area is 164 Å². The van der Waals surface area contributed by atoms with Crippen LogP contribution in [0.4, 0.5) is 0 Å². The van der Waals surface area contributed by atoms with Crippen LogP contribution in [0.15, 0.2) is 42.5 Å². The van der Waals surface area contributed by atoms with Gasteiger partial charge in [0.2, 0.25) is 0 Å². The second-order valence-corrected chi connectivity index (χ2v) is 7.13. The van der Waals surface area contributed by atoms with E-state index in [-0.39, 0.29) is 5.91 Å². The van der Waals surface area contributed by atoms with Gasteiger partial charge in [-0.25, -0.2) is 4.98 Å². The molecule has 2 N–H and O–H groups in total. The molecule has 0 saturated carbocycles. The van der Waals surface area contributed by atoms with Gasteiger partial charge in [-0.15, -0.1) is 0 Å². The predicted molar refractivity (Wildman–Crippen MR) is 114 cm³/mol. The molecule has 0 radical (unpaired) electrons. The Balaban J connectivity index is 1.54. The molecule has 0 aliphatic rings. The van der Waals surface area contributed by atoms with Crippen LogP contribution in [-0.2, 0) is 19.4 Å². The lowest BCUT2D eigenvalue weighted by Crippen LogP contribution is -2.28. The molecule has 1 amide bonds. The number of H-pyrrole nitrogens is 1. The molecule has 0 bridgehead atoms. The second kappa shape index (κ2) is 7.50. The number of benzene rings is 2. The minimum Gasteiger partial charge on any atom is -0.350 e. The van der Waals surface area contributed by atoms with Crippen molar-refractivity contribution >= 4 is 27.8 Å².